The number of carbonyl (C=O) groups is 1. The summed E-state index contributed by atoms with van der Waals surface area (Å²) < 4.78 is 48.5. The molecule has 15 nitrogen and oxygen atoms in total. The summed E-state index contributed by atoms with van der Waals surface area (Å²) >= 11 is 0. The highest BCUT2D eigenvalue weighted by Crippen LogP contribution is 2.30. The van der Waals surface area contributed by atoms with Crippen molar-refractivity contribution < 1.29 is 46.7 Å². The number of nitrogens with zero attached hydrogens (tertiary/aromatic N) is 1. The van der Waals surface area contributed by atoms with Crippen molar-refractivity contribution in [1.82, 2.24) is 4.90 Å². The molecule has 190 valence electrons. The van der Waals surface area contributed by atoms with Crippen LogP contribution in [0.2, 0.25) is 0 Å². The maximum atomic E-state index is 12.1. The van der Waals surface area contributed by atoms with E-state index in [2.05, 4.69) is 0 Å². The molecule has 1 aliphatic carbocycles. The molecule has 12 N–H and O–H groups in total. The number of aliphatic hydroxyl groups excluding tert-OH is 2. The van der Waals surface area contributed by atoms with Crippen LogP contribution in [0.1, 0.15) is 12.8 Å². The van der Waals surface area contributed by atoms with E-state index in [1.54, 1.807) is 0 Å². The predicted molar refractivity (Wildman–Crippen MR) is 110 cm³/mol. The Morgan fingerprint density at radius 2 is 1.69 bits per heavy atom. The summed E-state index contributed by atoms with van der Waals surface area (Å²) in [5.74, 6) is -0.420. The highest BCUT2D eigenvalue weighted by Gasteiger charge is 2.53. The van der Waals surface area contributed by atoms with E-state index >= 15 is 0 Å². The highest BCUT2D eigenvalue weighted by molar-refractivity contribution is 7.79. The van der Waals surface area contributed by atoms with E-state index in [9.17, 15) is 15.0 Å². The van der Waals surface area contributed by atoms with Gasteiger partial charge in [-0.2, -0.15) is 8.42 Å². The molecule has 1 heterocycles. The molecule has 2 fully saturated rings. The third-order valence-electron chi connectivity index (χ3n) is 5.47. The molecule has 9 unspecified atom stereocenters. The van der Waals surface area contributed by atoms with Crippen molar-refractivity contribution in [3.63, 3.8) is 0 Å². The van der Waals surface area contributed by atoms with Crippen LogP contribution in [0.4, 0.5) is 0 Å². The molecule has 9 atom stereocenters. The maximum absolute atomic E-state index is 12.1. The van der Waals surface area contributed by atoms with Crippen molar-refractivity contribution >= 4 is 16.3 Å². The lowest BCUT2D eigenvalue weighted by molar-refractivity contribution is -0.265. The van der Waals surface area contributed by atoms with Crippen LogP contribution in [0.5, 0.6) is 0 Å². The van der Waals surface area contributed by atoms with Crippen molar-refractivity contribution in [3.05, 3.63) is 0 Å². The zero-order valence-electron chi connectivity index (χ0n) is 17.9. The Bertz CT molecular complexity index is 693. The molecular formula is C16H35N5O10S. The molecule has 1 aliphatic heterocycles. The molecule has 0 radical (unpaired) electrons. The first-order chi connectivity index (χ1) is 14.8. The van der Waals surface area contributed by atoms with Crippen molar-refractivity contribution in [2.75, 3.05) is 27.2 Å². The van der Waals surface area contributed by atoms with E-state index in [0.29, 0.717) is 19.4 Å². The van der Waals surface area contributed by atoms with Gasteiger partial charge in [0.15, 0.2) is 6.29 Å². The molecule has 0 bridgehead atoms. The van der Waals surface area contributed by atoms with E-state index in [1.165, 1.54) is 19.1 Å². The fraction of sp³-hybridized carbons (Fsp3) is 0.938. The van der Waals surface area contributed by atoms with Gasteiger partial charge in [-0.25, -0.2) is 0 Å². The van der Waals surface area contributed by atoms with Gasteiger partial charge >= 0.3 is 10.4 Å². The van der Waals surface area contributed by atoms with Crippen LogP contribution >= 0.6 is 0 Å². The van der Waals surface area contributed by atoms with Gasteiger partial charge < -0.3 is 52.3 Å². The van der Waals surface area contributed by atoms with Gasteiger partial charge in [-0.15, -0.1) is 0 Å². The predicted octanol–water partition coefficient (Wildman–Crippen LogP) is -4.63. The molecule has 2 aliphatic rings. The number of aliphatic hydroxyl groups is 2. The minimum atomic E-state index is -4.67. The van der Waals surface area contributed by atoms with Gasteiger partial charge in [-0.05, 0) is 12.8 Å². The third kappa shape index (κ3) is 7.79. The van der Waals surface area contributed by atoms with Crippen LogP contribution in [0.25, 0.3) is 0 Å². The van der Waals surface area contributed by atoms with Crippen LogP contribution in [0.15, 0.2) is 0 Å². The Labute approximate surface area is 186 Å². The number of hydrogen-bond acceptors (Lipinski definition) is 12. The lowest BCUT2D eigenvalue weighted by atomic mass is 9.80. The Hall–Kier alpha value is -1.02. The molecule has 1 saturated heterocycles. The summed E-state index contributed by atoms with van der Waals surface area (Å²) in [5, 5.41) is 21.5. The van der Waals surface area contributed by atoms with Gasteiger partial charge in [0.2, 0.25) is 5.91 Å². The fourth-order valence-corrected chi connectivity index (χ4v) is 3.78. The summed E-state index contributed by atoms with van der Waals surface area (Å²) in [6, 6.07) is -2.31. The van der Waals surface area contributed by atoms with E-state index in [1.807, 2.05) is 0 Å². The summed E-state index contributed by atoms with van der Waals surface area (Å²) in [4.78, 5) is 13.3. The Morgan fingerprint density at radius 3 is 2.16 bits per heavy atom. The average Bonchev–Trinajstić information content (AvgIpc) is 2.72. The zero-order chi connectivity index (χ0) is 24.8. The Kier molecular flexibility index (Phi) is 11.3. The number of likely N-dealkylation sites (N-methyl/N-ethyl adjacent to an activating group) is 1. The zero-order valence-corrected chi connectivity index (χ0v) is 18.7. The highest BCUT2D eigenvalue weighted by atomic mass is 32.3. The molecular weight excluding hydrogens is 454 g/mol. The van der Waals surface area contributed by atoms with Crippen LogP contribution < -0.4 is 22.9 Å². The summed E-state index contributed by atoms with van der Waals surface area (Å²) in [6.45, 7) is 0.0647. The monoisotopic (exact) mass is 489 g/mol. The number of hydrogen-bond donors (Lipinski definition) is 8. The van der Waals surface area contributed by atoms with E-state index in [4.69, 9.17) is 54.7 Å². The SMILES string of the molecule is COC1C(O)C(N)C(OC2OC(CN)CCC2N)C(O)C1N(C)C(=O)CN.O=S(=O)(O)O. The number of ether oxygens (including phenoxy) is 3. The molecule has 0 aromatic rings. The van der Waals surface area contributed by atoms with E-state index in [-0.39, 0.29) is 12.6 Å². The van der Waals surface area contributed by atoms with Crippen molar-refractivity contribution in [1.29, 1.82) is 0 Å². The van der Waals surface area contributed by atoms with Gasteiger partial charge in [0, 0.05) is 20.7 Å². The first-order valence-corrected chi connectivity index (χ1v) is 11.2. The van der Waals surface area contributed by atoms with Gasteiger partial charge in [0.1, 0.15) is 18.3 Å². The molecule has 0 aromatic heterocycles. The Balaban J connectivity index is 0.000000920. The third-order valence-corrected chi connectivity index (χ3v) is 5.47. The quantitative estimate of drug-likeness (QED) is 0.163. The van der Waals surface area contributed by atoms with Gasteiger partial charge in [0.25, 0.3) is 0 Å². The van der Waals surface area contributed by atoms with E-state index in [0.717, 1.165) is 0 Å². The van der Waals surface area contributed by atoms with Crippen molar-refractivity contribution in [3.8, 4) is 0 Å². The second kappa shape index (κ2) is 12.4. The summed E-state index contributed by atoms with van der Waals surface area (Å²) in [6.07, 6.45) is -4.06. The van der Waals surface area contributed by atoms with Crippen molar-refractivity contribution in [2.24, 2.45) is 22.9 Å². The number of amides is 1. The second-order valence-electron chi connectivity index (χ2n) is 7.61. The minimum absolute atomic E-state index is 0.208. The Morgan fingerprint density at radius 1 is 1.12 bits per heavy atom. The van der Waals surface area contributed by atoms with Crippen LogP contribution in [-0.4, -0.2) is 121 Å². The molecule has 16 heteroatoms. The number of rotatable bonds is 6. The molecule has 32 heavy (non-hydrogen) atoms. The maximum Gasteiger partial charge on any atom is 0.394 e. The minimum Gasteiger partial charge on any atom is -0.389 e. The fourth-order valence-electron chi connectivity index (χ4n) is 3.78. The molecule has 2 rings (SSSR count). The molecule has 1 amide bonds. The molecule has 0 aromatic carbocycles. The first kappa shape index (κ1) is 29.0. The van der Waals surface area contributed by atoms with Crippen molar-refractivity contribution in [2.45, 2.75) is 67.8 Å². The van der Waals surface area contributed by atoms with E-state index < -0.39 is 65.1 Å². The number of nitrogens with two attached hydrogens (primary N) is 4. The molecule has 0 spiro atoms. The largest absolute Gasteiger partial charge is 0.394 e. The summed E-state index contributed by atoms with van der Waals surface area (Å²) in [7, 11) is -1.82. The smallest absolute Gasteiger partial charge is 0.389 e. The summed E-state index contributed by atoms with van der Waals surface area (Å²) in [5.41, 5.74) is 23.3. The standard InChI is InChI=1S/C16H33N5O6.H2O4S/c1-21(9(22)6-18)11-13(24)14(10(20)12(23)15(11)25-2)27-16-8(19)4-3-7(5-17)26-16;1-5(2,3)4/h7-8,10-16,23-24H,3-6,17-20H2,1-2H3;(H2,1,2,3,4). The topological polar surface area (TPSA) is 267 Å². The van der Waals surface area contributed by atoms with Gasteiger partial charge in [-0.1, -0.05) is 0 Å². The van der Waals surface area contributed by atoms with Crippen LogP contribution in [-0.2, 0) is 29.4 Å². The lowest BCUT2D eigenvalue weighted by Crippen LogP contribution is -2.72. The average molecular weight is 490 g/mol. The number of methoxy groups -OCH3 is 1. The van der Waals surface area contributed by atoms with Crippen LogP contribution in [0.3, 0.4) is 0 Å². The number of carbonyl (C=O) groups excluding carboxylic acids is 1. The molecule has 1 saturated carbocycles. The van der Waals surface area contributed by atoms with Gasteiger partial charge in [-0.3, -0.25) is 13.9 Å². The second-order valence-corrected chi connectivity index (χ2v) is 8.51. The van der Waals surface area contributed by atoms with Crippen LogP contribution in [0, 0.1) is 0 Å². The normalized spacial score (nSPS) is 37.9. The first-order valence-electron chi connectivity index (χ1n) is 9.83. The lowest BCUT2D eigenvalue weighted by Gasteiger charge is -2.50. The van der Waals surface area contributed by atoms with Gasteiger partial charge in [0.05, 0.1) is 36.9 Å².